The molecule has 24 heavy (non-hydrogen) atoms. The molecule has 0 amide bonds. The van der Waals surface area contributed by atoms with Gasteiger partial charge in [-0.25, -0.2) is 0 Å². The lowest BCUT2D eigenvalue weighted by atomic mass is 9.96. The molecule has 3 aromatic rings. The van der Waals surface area contributed by atoms with Crippen molar-refractivity contribution in [3.05, 3.63) is 93.5 Å². The van der Waals surface area contributed by atoms with E-state index in [1.54, 1.807) is 12.1 Å². The van der Waals surface area contributed by atoms with Crippen molar-refractivity contribution in [3.63, 3.8) is 0 Å². The van der Waals surface area contributed by atoms with Crippen LogP contribution in [-0.2, 0) is 5.79 Å². The molecule has 4 rings (SSSR count). The molecular formula is C20H14Cl2O2. The topological polar surface area (TPSA) is 18.5 Å². The fraction of sp³-hybridized carbons (Fsp3) is 0.100. The normalized spacial score (nSPS) is 14.6. The van der Waals surface area contributed by atoms with E-state index in [0.29, 0.717) is 21.5 Å². The van der Waals surface area contributed by atoms with Gasteiger partial charge in [-0.1, -0.05) is 65.2 Å². The van der Waals surface area contributed by atoms with Crippen molar-refractivity contribution in [2.45, 2.75) is 12.7 Å². The number of hydrogen-bond donors (Lipinski definition) is 0. The molecule has 1 aliphatic rings. The van der Waals surface area contributed by atoms with Crippen LogP contribution in [0.1, 0.15) is 16.7 Å². The van der Waals surface area contributed by atoms with Crippen LogP contribution in [0.15, 0.2) is 66.7 Å². The van der Waals surface area contributed by atoms with Crippen molar-refractivity contribution in [2.24, 2.45) is 0 Å². The first-order valence-electron chi connectivity index (χ1n) is 7.58. The number of halogens is 2. The van der Waals surface area contributed by atoms with E-state index < -0.39 is 5.79 Å². The molecule has 0 saturated carbocycles. The van der Waals surface area contributed by atoms with Crippen molar-refractivity contribution in [1.82, 2.24) is 0 Å². The molecule has 1 aliphatic heterocycles. The van der Waals surface area contributed by atoms with Crippen LogP contribution in [0.2, 0.25) is 10.0 Å². The Balaban J connectivity index is 1.91. The number of fused-ring (bicyclic) bond motifs is 1. The quantitative estimate of drug-likeness (QED) is 0.562. The summed E-state index contributed by atoms with van der Waals surface area (Å²) in [4.78, 5) is 0. The second-order valence-electron chi connectivity index (χ2n) is 5.76. The van der Waals surface area contributed by atoms with Gasteiger partial charge in [-0.2, -0.15) is 0 Å². The van der Waals surface area contributed by atoms with Crippen molar-refractivity contribution in [3.8, 4) is 11.5 Å². The highest BCUT2D eigenvalue weighted by Gasteiger charge is 2.45. The monoisotopic (exact) mass is 356 g/mol. The number of ether oxygens (including phenoxy) is 2. The Morgan fingerprint density at radius 1 is 0.708 bits per heavy atom. The Bertz CT molecular complexity index is 879. The van der Waals surface area contributed by atoms with Gasteiger partial charge in [0.15, 0.2) is 11.5 Å². The van der Waals surface area contributed by atoms with Crippen LogP contribution in [-0.4, -0.2) is 0 Å². The molecular weight excluding hydrogens is 343 g/mol. The van der Waals surface area contributed by atoms with E-state index in [1.165, 1.54) is 5.56 Å². The summed E-state index contributed by atoms with van der Waals surface area (Å²) in [7, 11) is 0. The molecule has 0 aromatic heterocycles. The lowest BCUT2D eigenvalue weighted by Crippen LogP contribution is -2.36. The van der Waals surface area contributed by atoms with Crippen LogP contribution in [0, 0.1) is 6.92 Å². The summed E-state index contributed by atoms with van der Waals surface area (Å²) >= 11 is 12.3. The fourth-order valence-electron chi connectivity index (χ4n) is 2.83. The predicted octanol–water partition coefficient (Wildman–Crippen LogP) is 5.97. The first-order valence-corrected chi connectivity index (χ1v) is 8.34. The number of benzene rings is 3. The number of rotatable bonds is 2. The van der Waals surface area contributed by atoms with Gasteiger partial charge in [0.25, 0.3) is 0 Å². The van der Waals surface area contributed by atoms with Crippen molar-refractivity contribution >= 4 is 23.2 Å². The van der Waals surface area contributed by atoms with E-state index in [2.05, 4.69) is 0 Å². The smallest absolute Gasteiger partial charge is 0.305 e. The van der Waals surface area contributed by atoms with Gasteiger partial charge in [-0.05, 0) is 37.3 Å². The molecule has 2 nitrogen and oxygen atoms in total. The zero-order valence-corrected chi connectivity index (χ0v) is 14.4. The van der Waals surface area contributed by atoms with Crippen LogP contribution in [0.5, 0.6) is 11.5 Å². The molecule has 120 valence electrons. The molecule has 0 fully saturated rings. The molecule has 3 aromatic carbocycles. The highest BCUT2D eigenvalue weighted by molar-refractivity contribution is 6.42. The highest BCUT2D eigenvalue weighted by Crippen LogP contribution is 2.48. The maximum Gasteiger partial charge on any atom is 0.305 e. The molecule has 0 spiro atoms. The number of aryl methyl sites for hydroxylation is 1. The first kappa shape index (κ1) is 15.4. The molecule has 1 heterocycles. The second-order valence-corrected chi connectivity index (χ2v) is 6.58. The van der Waals surface area contributed by atoms with Crippen LogP contribution in [0.25, 0.3) is 0 Å². The van der Waals surface area contributed by atoms with Crippen LogP contribution in [0.4, 0.5) is 0 Å². The summed E-state index contributed by atoms with van der Waals surface area (Å²) in [6.07, 6.45) is 0. The van der Waals surface area contributed by atoms with Gasteiger partial charge < -0.3 is 9.47 Å². The third kappa shape index (κ3) is 2.43. The summed E-state index contributed by atoms with van der Waals surface area (Å²) in [5.41, 5.74) is 2.85. The maximum absolute atomic E-state index is 6.28. The van der Waals surface area contributed by atoms with Gasteiger partial charge in [0, 0.05) is 11.1 Å². The van der Waals surface area contributed by atoms with Gasteiger partial charge in [-0.3, -0.25) is 0 Å². The van der Waals surface area contributed by atoms with Gasteiger partial charge in [0.2, 0.25) is 0 Å². The van der Waals surface area contributed by atoms with Crippen molar-refractivity contribution in [1.29, 1.82) is 0 Å². The van der Waals surface area contributed by atoms with Gasteiger partial charge in [0.1, 0.15) is 0 Å². The molecule has 0 N–H and O–H groups in total. The second kappa shape index (κ2) is 5.73. The van der Waals surface area contributed by atoms with Crippen LogP contribution in [0.3, 0.4) is 0 Å². The summed E-state index contributed by atoms with van der Waals surface area (Å²) in [5.74, 6) is 0.319. The lowest BCUT2D eigenvalue weighted by molar-refractivity contribution is -0.0459. The highest BCUT2D eigenvalue weighted by atomic mass is 35.5. The van der Waals surface area contributed by atoms with Crippen molar-refractivity contribution < 1.29 is 9.47 Å². The minimum absolute atomic E-state index is 0.462. The van der Waals surface area contributed by atoms with E-state index in [0.717, 1.165) is 11.1 Å². The Morgan fingerprint density at radius 2 is 1.29 bits per heavy atom. The largest absolute Gasteiger partial charge is 0.440 e. The summed E-state index contributed by atoms with van der Waals surface area (Å²) in [6, 6.07) is 21.1. The molecule has 0 saturated heterocycles. The number of hydrogen-bond acceptors (Lipinski definition) is 2. The average molecular weight is 357 g/mol. The van der Waals surface area contributed by atoms with E-state index >= 15 is 0 Å². The van der Waals surface area contributed by atoms with E-state index in [-0.39, 0.29) is 0 Å². The average Bonchev–Trinajstić information content (AvgIpc) is 2.98. The molecule has 0 atom stereocenters. The maximum atomic E-state index is 6.28. The minimum atomic E-state index is -1.08. The fourth-order valence-corrected chi connectivity index (χ4v) is 3.12. The molecule has 0 unspecified atom stereocenters. The predicted molar refractivity (Wildman–Crippen MR) is 96.1 cm³/mol. The van der Waals surface area contributed by atoms with E-state index in [1.807, 2.05) is 61.5 Å². The molecule has 0 bridgehead atoms. The third-order valence-electron chi connectivity index (χ3n) is 4.09. The zero-order valence-electron chi connectivity index (χ0n) is 12.9. The Morgan fingerprint density at radius 3 is 1.88 bits per heavy atom. The minimum Gasteiger partial charge on any atom is -0.440 e. The summed E-state index contributed by atoms with van der Waals surface area (Å²) in [5, 5.41) is 0.957. The number of para-hydroxylation sites is 2. The Kier molecular flexibility index (Phi) is 3.67. The summed E-state index contributed by atoms with van der Waals surface area (Å²) < 4.78 is 12.6. The Labute approximate surface area is 150 Å². The first-order chi connectivity index (χ1) is 11.6. The van der Waals surface area contributed by atoms with Gasteiger partial charge >= 0.3 is 5.79 Å². The molecule has 4 heteroatoms. The van der Waals surface area contributed by atoms with E-state index in [9.17, 15) is 0 Å². The zero-order chi connectivity index (χ0) is 16.7. The van der Waals surface area contributed by atoms with Crippen LogP contribution < -0.4 is 9.47 Å². The molecule has 0 aliphatic carbocycles. The standard InChI is InChI=1S/C20H14Cl2O2/c1-13-6-8-14(9-7-13)20(15-10-11-16(21)17(22)12-15)23-18-4-2-3-5-19(18)24-20/h2-12H,1H3. The third-order valence-corrected chi connectivity index (χ3v) is 4.83. The van der Waals surface area contributed by atoms with E-state index in [4.69, 9.17) is 32.7 Å². The van der Waals surface area contributed by atoms with Crippen LogP contribution >= 0.6 is 23.2 Å². The van der Waals surface area contributed by atoms with Gasteiger partial charge in [-0.15, -0.1) is 0 Å². The lowest BCUT2D eigenvalue weighted by Gasteiger charge is -2.29. The SMILES string of the molecule is Cc1ccc(C2(c3ccc(Cl)c(Cl)c3)Oc3ccccc3O2)cc1. The summed E-state index contributed by atoms with van der Waals surface area (Å²) in [6.45, 7) is 2.04. The molecule has 0 radical (unpaired) electrons. The van der Waals surface area contributed by atoms with Crippen molar-refractivity contribution in [2.75, 3.05) is 0 Å². The Hall–Kier alpha value is -2.16. The van der Waals surface area contributed by atoms with Gasteiger partial charge in [0.05, 0.1) is 10.0 Å².